The van der Waals surface area contributed by atoms with Gasteiger partial charge in [-0.15, -0.1) is 5.10 Å². The first-order valence-corrected chi connectivity index (χ1v) is 4.81. The number of carbonyl (C=O) groups is 1. The molecule has 2 heterocycles. The summed E-state index contributed by atoms with van der Waals surface area (Å²) in [7, 11) is 0. The molecular weight excluding hydrogens is 270 g/mol. The van der Waals surface area contributed by atoms with Crippen LogP contribution in [0.25, 0.3) is 0 Å². The van der Waals surface area contributed by atoms with Gasteiger partial charge in [0.25, 0.3) is 0 Å². The minimum Gasteiger partial charge on any atom is -0.383 e. The van der Waals surface area contributed by atoms with Crippen molar-refractivity contribution in [1.82, 2.24) is 20.4 Å². The highest BCUT2D eigenvalue weighted by atomic mass is 79.9. The van der Waals surface area contributed by atoms with Crippen molar-refractivity contribution in [3.8, 4) is 0 Å². The first-order chi connectivity index (χ1) is 7.15. The SMILES string of the molecule is CC(=O)On1nnc(C2CC(Br)=NO2)n1. The van der Waals surface area contributed by atoms with Gasteiger partial charge in [0.15, 0.2) is 6.10 Å². The minimum absolute atomic E-state index is 0.314. The molecule has 8 nitrogen and oxygen atoms in total. The Bertz CT molecular complexity index is 417. The monoisotopic (exact) mass is 275 g/mol. The second kappa shape index (κ2) is 3.93. The van der Waals surface area contributed by atoms with Crippen molar-refractivity contribution in [3.05, 3.63) is 5.82 Å². The van der Waals surface area contributed by atoms with Crippen LogP contribution < -0.4 is 4.84 Å². The van der Waals surface area contributed by atoms with Gasteiger partial charge in [-0.3, -0.25) is 0 Å². The number of tetrazole rings is 1. The molecule has 0 aromatic carbocycles. The van der Waals surface area contributed by atoms with Crippen molar-refractivity contribution in [2.24, 2.45) is 5.16 Å². The van der Waals surface area contributed by atoms with Crippen molar-refractivity contribution in [1.29, 1.82) is 0 Å². The third-order valence-electron chi connectivity index (χ3n) is 1.54. The van der Waals surface area contributed by atoms with E-state index in [0.29, 0.717) is 16.9 Å². The summed E-state index contributed by atoms with van der Waals surface area (Å²) < 4.78 is 0.677. The number of nitrogens with zero attached hydrogens (tertiary/aromatic N) is 5. The topological polar surface area (TPSA) is 91.5 Å². The van der Waals surface area contributed by atoms with Gasteiger partial charge in [-0.05, 0) is 21.1 Å². The van der Waals surface area contributed by atoms with Crippen LogP contribution in [0, 0.1) is 0 Å². The van der Waals surface area contributed by atoms with E-state index >= 15 is 0 Å². The Hall–Kier alpha value is -1.51. The Morgan fingerprint density at radius 3 is 3.13 bits per heavy atom. The quantitative estimate of drug-likeness (QED) is 0.696. The summed E-state index contributed by atoms with van der Waals surface area (Å²) >= 11 is 3.18. The molecule has 80 valence electrons. The fourth-order valence-electron chi connectivity index (χ4n) is 0.981. The van der Waals surface area contributed by atoms with Crippen LogP contribution in [0.1, 0.15) is 25.3 Å². The van der Waals surface area contributed by atoms with Gasteiger partial charge in [0, 0.05) is 18.3 Å². The van der Waals surface area contributed by atoms with Gasteiger partial charge in [-0.2, -0.15) is 0 Å². The van der Waals surface area contributed by atoms with Crippen LogP contribution in [0.15, 0.2) is 5.16 Å². The predicted octanol–water partition coefficient (Wildman–Crippen LogP) is -0.182. The summed E-state index contributed by atoms with van der Waals surface area (Å²) in [5.41, 5.74) is 0. The van der Waals surface area contributed by atoms with Crippen LogP contribution in [0.4, 0.5) is 0 Å². The average molecular weight is 276 g/mol. The van der Waals surface area contributed by atoms with Gasteiger partial charge < -0.3 is 9.68 Å². The summed E-state index contributed by atoms with van der Waals surface area (Å²) in [5, 5.41) is 14.7. The number of oxime groups is 1. The molecule has 0 bridgehead atoms. The van der Waals surface area contributed by atoms with Crippen molar-refractivity contribution in [3.63, 3.8) is 0 Å². The minimum atomic E-state index is -0.524. The lowest BCUT2D eigenvalue weighted by Gasteiger charge is -1.99. The number of hydrogen-bond donors (Lipinski definition) is 0. The summed E-state index contributed by atoms with van der Waals surface area (Å²) in [5.74, 6) is -0.210. The van der Waals surface area contributed by atoms with Crippen LogP contribution in [0.2, 0.25) is 0 Å². The lowest BCUT2D eigenvalue weighted by Crippen LogP contribution is -2.19. The molecule has 0 radical (unpaired) electrons. The number of hydrogen-bond acceptors (Lipinski definition) is 7. The Morgan fingerprint density at radius 1 is 1.73 bits per heavy atom. The van der Waals surface area contributed by atoms with E-state index < -0.39 is 5.97 Å². The maximum absolute atomic E-state index is 10.6. The molecule has 0 amide bonds. The van der Waals surface area contributed by atoms with E-state index in [9.17, 15) is 4.79 Å². The van der Waals surface area contributed by atoms with E-state index in [2.05, 4.69) is 41.3 Å². The third kappa shape index (κ3) is 2.29. The van der Waals surface area contributed by atoms with Gasteiger partial charge in [0.1, 0.15) is 4.62 Å². The van der Waals surface area contributed by atoms with Gasteiger partial charge in [0.2, 0.25) is 5.82 Å². The fraction of sp³-hybridized carbons (Fsp3) is 0.500. The molecule has 15 heavy (non-hydrogen) atoms. The van der Waals surface area contributed by atoms with Crippen molar-refractivity contribution in [2.45, 2.75) is 19.4 Å². The summed E-state index contributed by atoms with van der Waals surface area (Å²) in [6.07, 6.45) is 0.148. The van der Waals surface area contributed by atoms with E-state index in [1.165, 1.54) is 6.92 Å². The van der Waals surface area contributed by atoms with E-state index in [0.717, 1.165) is 4.96 Å². The van der Waals surface area contributed by atoms with Crippen LogP contribution in [-0.2, 0) is 9.63 Å². The van der Waals surface area contributed by atoms with Crippen molar-refractivity contribution >= 4 is 26.5 Å². The van der Waals surface area contributed by atoms with E-state index in [-0.39, 0.29) is 6.10 Å². The fourth-order valence-corrected chi connectivity index (χ4v) is 1.36. The molecule has 1 aromatic heterocycles. The molecule has 0 fully saturated rings. The second-order valence-electron chi connectivity index (χ2n) is 2.75. The number of carbonyl (C=O) groups excluding carboxylic acids is 1. The molecule has 0 saturated heterocycles. The number of rotatable bonds is 2. The Morgan fingerprint density at radius 2 is 2.53 bits per heavy atom. The number of aromatic nitrogens is 4. The van der Waals surface area contributed by atoms with Gasteiger partial charge in [-0.25, -0.2) is 4.79 Å². The number of halogens is 1. The van der Waals surface area contributed by atoms with Crippen molar-refractivity contribution in [2.75, 3.05) is 0 Å². The Labute approximate surface area is 92.3 Å². The molecule has 0 N–H and O–H groups in total. The molecule has 0 spiro atoms. The summed E-state index contributed by atoms with van der Waals surface area (Å²) in [4.78, 5) is 20.9. The van der Waals surface area contributed by atoms with Gasteiger partial charge in [0.05, 0.1) is 0 Å². The van der Waals surface area contributed by atoms with E-state index in [1.807, 2.05) is 0 Å². The molecule has 1 aromatic rings. The maximum Gasteiger partial charge on any atom is 0.333 e. The zero-order valence-corrected chi connectivity index (χ0v) is 9.21. The van der Waals surface area contributed by atoms with Crippen molar-refractivity contribution < 1.29 is 14.5 Å². The molecule has 0 aliphatic carbocycles. The molecule has 1 aliphatic rings. The molecular formula is C6H6BrN5O3. The zero-order chi connectivity index (χ0) is 10.8. The lowest BCUT2D eigenvalue weighted by molar-refractivity contribution is -0.145. The van der Waals surface area contributed by atoms with Crippen LogP contribution >= 0.6 is 15.9 Å². The second-order valence-corrected chi connectivity index (χ2v) is 3.66. The predicted molar refractivity (Wildman–Crippen MR) is 49.9 cm³/mol. The Kier molecular flexibility index (Phi) is 2.62. The average Bonchev–Trinajstić information content (AvgIpc) is 2.72. The standard InChI is InChI=1S/C6H6BrN5O3/c1-3(13)15-12-9-6(8-11-12)4-2-5(7)10-14-4/h4H,2H2,1H3. The highest BCUT2D eigenvalue weighted by molar-refractivity contribution is 9.18. The molecule has 1 unspecified atom stereocenters. The van der Waals surface area contributed by atoms with Crippen LogP contribution in [0.5, 0.6) is 0 Å². The molecule has 1 aliphatic heterocycles. The summed E-state index contributed by atoms with van der Waals surface area (Å²) in [6, 6.07) is 0. The third-order valence-corrected chi connectivity index (χ3v) is 2.01. The first kappa shape index (κ1) is 10.0. The van der Waals surface area contributed by atoms with E-state index in [1.54, 1.807) is 0 Å². The van der Waals surface area contributed by atoms with Crippen LogP contribution in [-0.4, -0.2) is 31.0 Å². The summed E-state index contributed by atoms with van der Waals surface area (Å²) in [6.45, 7) is 1.24. The van der Waals surface area contributed by atoms with Crippen LogP contribution in [0.3, 0.4) is 0 Å². The molecule has 9 heteroatoms. The Balaban J connectivity index is 2.04. The largest absolute Gasteiger partial charge is 0.383 e. The van der Waals surface area contributed by atoms with Gasteiger partial charge >= 0.3 is 5.97 Å². The smallest absolute Gasteiger partial charge is 0.333 e. The first-order valence-electron chi connectivity index (χ1n) is 4.02. The molecule has 2 rings (SSSR count). The highest BCUT2D eigenvalue weighted by Gasteiger charge is 2.26. The highest BCUT2D eigenvalue weighted by Crippen LogP contribution is 2.25. The maximum atomic E-state index is 10.6. The normalized spacial score (nSPS) is 19.6. The van der Waals surface area contributed by atoms with E-state index in [4.69, 9.17) is 4.84 Å². The zero-order valence-electron chi connectivity index (χ0n) is 7.62. The molecule has 0 saturated carbocycles. The van der Waals surface area contributed by atoms with Gasteiger partial charge in [-0.1, -0.05) is 10.3 Å². The lowest BCUT2D eigenvalue weighted by atomic mass is 10.3. The molecule has 1 atom stereocenters.